The minimum Gasteiger partial charge on any atom is -0.462 e. The molecule has 19 heavy (non-hydrogen) atoms. The van der Waals surface area contributed by atoms with Crippen LogP contribution in [0.2, 0.25) is 0 Å². The number of hydrogen-bond acceptors (Lipinski definition) is 5. The molecule has 3 heterocycles. The molecule has 3 rings (SSSR count). The van der Waals surface area contributed by atoms with Crippen LogP contribution in [0.25, 0.3) is 10.8 Å². The Labute approximate surface area is 112 Å². The Balaban J connectivity index is 1.65. The fraction of sp³-hybridized carbons (Fsp3) is 0.0833. The van der Waals surface area contributed by atoms with Crippen molar-refractivity contribution in [1.29, 1.82) is 0 Å². The second-order valence-corrected chi connectivity index (χ2v) is 4.64. The first-order chi connectivity index (χ1) is 9.31. The van der Waals surface area contributed by atoms with Gasteiger partial charge in [-0.15, -0.1) is 11.3 Å². The number of furan rings is 1. The Morgan fingerprint density at radius 2 is 2.47 bits per heavy atom. The van der Waals surface area contributed by atoms with E-state index in [1.807, 2.05) is 11.4 Å². The molecule has 2 N–H and O–H groups in total. The molecule has 96 valence electrons. The van der Waals surface area contributed by atoms with E-state index >= 15 is 0 Å². The van der Waals surface area contributed by atoms with Gasteiger partial charge in [-0.2, -0.15) is 0 Å². The highest BCUT2D eigenvalue weighted by Crippen LogP contribution is 2.24. The first-order valence-corrected chi connectivity index (χ1v) is 6.47. The summed E-state index contributed by atoms with van der Waals surface area (Å²) in [5.41, 5.74) is 0.709. The van der Waals surface area contributed by atoms with Crippen LogP contribution in [0.15, 0.2) is 40.6 Å². The van der Waals surface area contributed by atoms with Gasteiger partial charge in [0.2, 0.25) is 11.9 Å². The van der Waals surface area contributed by atoms with E-state index in [4.69, 9.17) is 4.42 Å². The smallest absolute Gasteiger partial charge is 0.232 e. The number of imidazole rings is 1. The second kappa shape index (κ2) is 5.07. The molecule has 0 fully saturated rings. The molecule has 0 aliphatic heterocycles. The average molecular weight is 274 g/mol. The van der Waals surface area contributed by atoms with Crippen LogP contribution in [0.4, 0.5) is 5.95 Å². The summed E-state index contributed by atoms with van der Waals surface area (Å²) >= 11 is 1.45. The van der Waals surface area contributed by atoms with Crippen LogP contribution in [0.1, 0.15) is 5.69 Å². The third-order valence-corrected chi connectivity index (χ3v) is 3.29. The third-order valence-electron chi connectivity index (χ3n) is 2.38. The maximum Gasteiger partial charge on any atom is 0.232 e. The maximum atomic E-state index is 11.7. The molecule has 3 aromatic heterocycles. The van der Waals surface area contributed by atoms with Crippen molar-refractivity contribution < 1.29 is 9.21 Å². The molecule has 0 unspecified atom stereocenters. The van der Waals surface area contributed by atoms with E-state index in [2.05, 4.69) is 20.3 Å². The molecule has 0 atom stereocenters. The highest BCUT2D eigenvalue weighted by molar-refractivity contribution is 7.13. The number of amides is 1. The van der Waals surface area contributed by atoms with Crippen molar-refractivity contribution in [3.63, 3.8) is 0 Å². The van der Waals surface area contributed by atoms with Crippen molar-refractivity contribution >= 4 is 23.2 Å². The zero-order valence-electron chi connectivity index (χ0n) is 9.79. The number of rotatable bonds is 4. The van der Waals surface area contributed by atoms with E-state index in [-0.39, 0.29) is 12.3 Å². The van der Waals surface area contributed by atoms with Crippen LogP contribution in [0.5, 0.6) is 0 Å². The Hall–Kier alpha value is -2.41. The van der Waals surface area contributed by atoms with Crippen LogP contribution in [0.3, 0.4) is 0 Å². The van der Waals surface area contributed by atoms with Crippen molar-refractivity contribution in [2.24, 2.45) is 0 Å². The monoisotopic (exact) mass is 274 g/mol. The second-order valence-electron chi connectivity index (χ2n) is 3.78. The zero-order valence-corrected chi connectivity index (χ0v) is 10.6. The summed E-state index contributed by atoms with van der Waals surface area (Å²) in [6.45, 7) is 0. The van der Waals surface area contributed by atoms with Gasteiger partial charge in [-0.3, -0.25) is 10.1 Å². The SMILES string of the molecule is O=C(Cc1csc(-c2ccco2)n1)Nc1ncc[nH]1. The number of hydrogen-bond donors (Lipinski definition) is 2. The fourth-order valence-electron chi connectivity index (χ4n) is 1.58. The van der Waals surface area contributed by atoms with Crippen molar-refractivity contribution in [3.05, 3.63) is 41.9 Å². The number of aromatic amines is 1. The van der Waals surface area contributed by atoms with Gasteiger partial charge in [0.1, 0.15) is 0 Å². The van der Waals surface area contributed by atoms with Gasteiger partial charge in [-0.05, 0) is 12.1 Å². The van der Waals surface area contributed by atoms with E-state index in [9.17, 15) is 4.79 Å². The molecule has 7 heteroatoms. The lowest BCUT2D eigenvalue weighted by molar-refractivity contribution is -0.115. The summed E-state index contributed by atoms with van der Waals surface area (Å²) in [7, 11) is 0. The summed E-state index contributed by atoms with van der Waals surface area (Å²) in [6, 6.07) is 3.64. The molecule has 0 spiro atoms. The number of nitrogens with zero attached hydrogens (tertiary/aromatic N) is 2. The van der Waals surface area contributed by atoms with E-state index in [0.717, 1.165) is 5.01 Å². The van der Waals surface area contributed by atoms with Gasteiger partial charge >= 0.3 is 0 Å². The first-order valence-electron chi connectivity index (χ1n) is 5.59. The molecule has 0 aromatic carbocycles. The summed E-state index contributed by atoms with van der Waals surface area (Å²) in [6.07, 6.45) is 5.03. The predicted octanol–water partition coefficient (Wildman–Crippen LogP) is 2.31. The average Bonchev–Trinajstić information content (AvgIpc) is 3.09. The molecule has 0 radical (unpaired) electrons. The van der Waals surface area contributed by atoms with Gasteiger partial charge in [-0.25, -0.2) is 9.97 Å². The van der Waals surface area contributed by atoms with Crippen molar-refractivity contribution in [2.75, 3.05) is 5.32 Å². The summed E-state index contributed by atoms with van der Waals surface area (Å²) < 4.78 is 5.26. The van der Waals surface area contributed by atoms with Gasteiger partial charge in [-0.1, -0.05) is 0 Å². The number of carbonyl (C=O) groups excluding carboxylic acids is 1. The summed E-state index contributed by atoms with van der Waals surface area (Å²) in [4.78, 5) is 22.8. The molecule has 0 saturated carbocycles. The van der Waals surface area contributed by atoms with Crippen molar-refractivity contribution in [2.45, 2.75) is 6.42 Å². The molecular formula is C12H10N4O2S. The Morgan fingerprint density at radius 3 is 3.21 bits per heavy atom. The Bertz CT molecular complexity index is 658. The Kier molecular flexibility index (Phi) is 3.11. The lowest BCUT2D eigenvalue weighted by atomic mass is 10.3. The minimum absolute atomic E-state index is 0.161. The van der Waals surface area contributed by atoms with Gasteiger partial charge in [0.15, 0.2) is 10.8 Å². The van der Waals surface area contributed by atoms with Gasteiger partial charge in [0.05, 0.1) is 18.4 Å². The van der Waals surface area contributed by atoms with E-state index < -0.39 is 0 Å². The van der Waals surface area contributed by atoms with Crippen LogP contribution < -0.4 is 5.32 Å². The summed E-state index contributed by atoms with van der Waals surface area (Å²) in [5.74, 6) is 0.987. The van der Waals surface area contributed by atoms with Gasteiger partial charge in [0.25, 0.3) is 0 Å². The molecule has 0 aliphatic rings. The first kappa shape index (κ1) is 11.7. The molecule has 0 saturated heterocycles. The van der Waals surface area contributed by atoms with Crippen LogP contribution in [0, 0.1) is 0 Å². The molecule has 0 aliphatic carbocycles. The topological polar surface area (TPSA) is 83.8 Å². The highest BCUT2D eigenvalue weighted by Gasteiger charge is 2.11. The lowest BCUT2D eigenvalue weighted by Gasteiger charge is -1.98. The molecule has 1 amide bonds. The number of aromatic nitrogens is 3. The van der Waals surface area contributed by atoms with Crippen LogP contribution in [-0.4, -0.2) is 20.9 Å². The van der Waals surface area contributed by atoms with Crippen molar-refractivity contribution in [3.8, 4) is 10.8 Å². The Morgan fingerprint density at radius 1 is 1.53 bits per heavy atom. The number of thiazole rings is 1. The molecule has 0 bridgehead atoms. The van der Waals surface area contributed by atoms with E-state index in [1.165, 1.54) is 11.3 Å². The number of H-pyrrole nitrogens is 1. The zero-order chi connectivity index (χ0) is 13.1. The maximum absolute atomic E-state index is 11.7. The fourth-order valence-corrected chi connectivity index (χ4v) is 2.36. The highest BCUT2D eigenvalue weighted by atomic mass is 32.1. The molecule has 6 nitrogen and oxygen atoms in total. The van der Waals surface area contributed by atoms with E-state index in [0.29, 0.717) is 17.4 Å². The van der Waals surface area contributed by atoms with E-state index in [1.54, 1.807) is 24.7 Å². The number of nitrogens with one attached hydrogen (secondary N) is 2. The van der Waals surface area contributed by atoms with Gasteiger partial charge in [0, 0.05) is 17.8 Å². The third kappa shape index (κ3) is 2.71. The minimum atomic E-state index is -0.161. The number of carbonyl (C=O) groups is 1. The lowest BCUT2D eigenvalue weighted by Crippen LogP contribution is -2.15. The van der Waals surface area contributed by atoms with Gasteiger partial charge < -0.3 is 9.40 Å². The van der Waals surface area contributed by atoms with Crippen molar-refractivity contribution in [1.82, 2.24) is 15.0 Å². The normalized spacial score (nSPS) is 10.5. The molecular weight excluding hydrogens is 264 g/mol. The largest absolute Gasteiger partial charge is 0.462 e. The summed E-state index contributed by atoms with van der Waals surface area (Å²) in [5, 5.41) is 5.27. The predicted molar refractivity (Wildman–Crippen MR) is 70.7 cm³/mol. The number of anilines is 1. The van der Waals surface area contributed by atoms with Crippen LogP contribution in [-0.2, 0) is 11.2 Å². The standard InChI is InChI=1S/C12H10N4O2S/c17-10(16-12-13-3-4-14-12)6-8-7-19-11(15-8)9-2-1-5-18-9/h1-5,7H,6H2,(H2,13,14,16,17). The quantitative estimate of drug-likeness (QED) is 0.764. The van der Waals surface area contributed by atoms with Crippen LogP contribution >= 0.6 is 11.3 Å². The molecule has 3 aromatic rings.